The molecule has 2 aliphatic rings. The molecule has 1 heterocycles. The molecule has 0 amide bonds. The summed E-state index contributed by atoms with van der Waals surface area (Å²) in [5.41, 5.74) is 7.24. The Labute approximate surface area is 115 Å². The fourth-order valence-corrected chi connectivity index (χ4v) is 3.76. The van der Waals surface area contributed by atoms with Gasteiger partial charge in [0.25, 0.3) is 0 Å². The third-order valence-corrected chi connectivity index (χ3v) is 4.39. The highest BCUT2D eigenvalue weighted by molar-refractivity contribution is 5.51. The summed E-state index contributed by atoms with van der Waals surface area (Å²) in [6, 6.07) is 6.01. The maximum atomic E-state index is 6.62. The van der Waals surface area contributed by atoms with Gasteiger partial charge in [-0.3, -0.25) is 0 Å². The fraction of sp³-hybridized carbons (Fsp3) is 0.625. The molecule has 0 aromatic heterocycles. The van der Waals surface area contributed by atoms with Gasteiger partial charge in [-0.05, 0) is 51.7 Å². The molecule has 0 saturated heterocycles. The summed E-state index contributed by atoms with van der Waals surface area (Å²) < 4.78 is 12.1. The lowest BCUT2D eigenvalue weighted by molar-refractivity contribution is 0.0210. The van der Waals surface area contributed by atoms with Crippen molar-refractivity contribution in [1.82, 2.24) is 0 Å². The SMILES string of the molecule is CCOc1cccc2c1C(C)(N)CC1(CCCC1)O2. The fourth-order valence-electron chi connectivity index (χ4n) is 3.76. The van der Waals surface area contributed by atoms with Crippen molar-refractivity contribution in [2.75, 3.05) is 6.61 Å². The number of benzene rings is 1. The molecule has 3 nitrogen and oxygen atoms in total. The first kappa shape index (κ1) is 12.8. The number of hydrogen-bond donors (Lipinski definition) is 1. The van der Waals surface area contributed by atoms with E-state index in [-0.39, 0.29) is 11.1 Å². The molecule has 1 atom stereocenters. The van der Waals surface area contributed by atoms with Crippen molar-refractivity contribution in [3.63, 3.8) is 0 Å². The third kappa shape index (κ3) is 2.10. The topological polar surface area (TPSA) is 44.5 Å². The molecule has 1 spiro atoms. The summed E-state index contributed by atoms with van der Waals surface area (Å²) in [4.78, 5) is 0. The first-order valence-corrected chi connectivity index (χ1v) is 7.31. The van der Waals surface area contributed by atoms with Crippen LogP contribution in [0.1, 0.15) is 51.5 Å². The van der Waals surface area contributed by atoms with Crippen molar-refractivity contribution < 1.29 is 9.47 Å². The Bertz CT molecular complexity index is 476. The molecule has 1 fully saturated rings. The smallest absolute Gasteiger partial charge is 0.128 e. The minimum Gasteiger partial charge on any atom is -0.493 e. The average Bonchev–Trinajstić information content (AvgIpc) is 2.75. The summed E-state index contributed by atoms with van der Waals surface area (Å²) in [6.45, 7) is 4.75. The Kier molecular flexibility index (Phi) is 2.97. The van der Waals surface area contributed by atoms with Gasteiger partial charge in [-0.2, -0.15) is 0 Å². The Balaban J connectivity index is 2.05. The molecule has 1 saturated carbocycles. The van der Waals surface area contributed by atoms with E-state index in [0.717, 1.165) is 36.3 Å². The van der Waals surface area contributed by atoms with Crippen LogP contribution in [0.2, 0.25) is 0 Å². The Morgan fingerprint density at radius 3 is 2.74 bits per heavy atom. The summed E-state index contributed by atoms with van der Waals surface area (Å²) in [7, 11) is 0. The molecule has 104 valence electrons. The highest BCUT2D eigenvalue weighted by atomic mass is 16.5. The number of rotatable bonds is 2. The van der Waals surface area contributed by atoms with Crippen LogP contribution < -0.4 is 15.2 Å². The Morgan fingerprint density at radius 2 is 2.05 bits per heavy atom. The number of fused-ring (bicyclic) bond motifs is 1. The van der Waals surface area contributed by atoms with Gasteiger partial charge in [-0.25, -0.2) is 0 Å². The van der Waals surface area contributed by atoms with E-state index in [4.69, 9.17) is 15.2 Å². The molecule has 1 aromatic carbocycles. The van der Waals surface area contributed by atoms with Gasteiger partial charge in [0.2, 0.25) is 0 Å². The molecule has 3 rings (SSSR count). The lowest BCUT2D eigenvalue weighted by atomic mass is 9.77. The highest BCUT2D eigenvalue weighted by Crippen LogP contribution is 2.51. The highest BCUT2D eigenvalue weighted by Gasteiger charge is 2.48. The molecule has 1 aliphatic heterocycles. The maximum absolute atomic E-state index is 6.62. The zero-order valence-corrected chi connectivity index (χ0v) is 11.9. The Hall–Kier alpha value is -1.22. The van der Waals surface area contributed by atoms with Gasteiger partial charge < -0.3 is 15.2 Å². The lowest BCUT2D eigenvalue weighted by Crippen LogP contribution is -2.49. The molecule has 3 heteroatoms. The van der Waals surface area contributed by atoms with Crippen LogP contribution in [0.5, 0.6) is 11.5 Å². The zero-order valence-electron chi connectivity index (χ0n) is 11.9. The van der Waals surface area contributed by atoms with Crippen molar-refractivity contribution >= 4 is 0 Å². The van der Waals surface area contributed by atoms with Gasteiger partial charge in [0, 0.05) is 12.0 Å². The van der Waals surface area contributed by atoms with Crippen LogP contribution in [0, 0.1) is 0 Å². The molecular weight excluding hydrogens is 238 g/mol. The summed E-state index contributed by atoms with van der Waals surface area (Å²) >= 11 is 0. The largest absolute Gasteiger partial charge is 0.493 e. The summed E-state index contributed by atoms with van der Waals surface area (Å²) in [6.07, 6.45) is 5.63. The first-order chi connectivity index (χ1) is 9.06. The van der Waals surface area contributed by atoms with E-state index in [1.165, 1.54) is 12.8 Å². The second-order valence-corrected chi connectivity index (χ2v) is 6.15. The van der Waals surface area contributed by atoms with E-state index >= 15 is 0 Å². The molecular formula is C16H23NO2. The molecule has 2 N–H and O–H groups in total. The van der Waals surface area contributed by atoms with Gasteiger partial charge in [0.05, 0.1) is 12.2 Å². The second kappa shape index (κ2) is 4.41. The first-order valence-electron chi connectivity index (χ1n) is 7.31. The average molecular weight is 261 g/mol. The van der Waals surface area contributed by atoms with Crippen LogP contribution in [-0.4, -0.2) is 12.2 Å². The molecule has 0 bridgehead atoms. The number of ether oxygens (including phenoxy) is 2. The van der Waals surface area contributed by atoms with Crippen LogP contribution in [-0.2, 0) is 5.54 Å². The third-order valence-electron chi connectivity index (χ3n) is 4.39. The minimum absolute atomic E-state index is 0.0403. The predicted molar refractivity (Wildman–Crippen MR) is 75.6 cm³/mol. The quantitative estimate of drug-likeness (QED) is 0.888. The van der Waals surface area contributed by atoms with Crippen molar-refractivity contribution in [1.29, 1.82) is 0 Å². The standard InChI is InChI=1S/C16H23NO2/c1-3-18-12-7-6-8-13-14(12)15(2,17)11-16(19-13)9-4-5-10-16/h6-8H,3-5,9-11,17H2,1-2H3. The van der Waals surface area contributed by atoms with Gasteiger partial charge >= 0.3 is 0 Å². The van der Waals surface area contributed by atoms with E-state index in [1.54, 1.807) is 0 Å². The van der Waals surface area contributed by atoms with Crippen molar-refractivity contribution in [3.8, 4) is 11.5 Å². The zero-order chi connectivity index (χ0) is 13.5. The minimum atomic E-state index is -0.371. The van der Waals surface area contributed by atoms with Gasteiger partial charge in [-0.15, -0.1) is 0 Å². The molecule has 1 unspecified atom stereocenters. The molecule has 19 heavy (non-hydrogen) atoms. The van der Waals surface area contributed by atoms with E-state index in [2.05, 4.69) is 6.92 Å². The molecule has 1 aliphatic carbocycles. The Morgan fingerprint density at radius 1 is 1.32 bits per heavy atom. The monoisotopic (exact) mass is 261 g/mol. The van der Waals surface area contributed by atoms with Crippen LogP contribution in [0.4, 0.5) is 0 Å². The molecule has 1 aromatic rings. The summed E-state index contributed by atoms with van der Waals surface area (Å²) in [5, 5.41) is 0. The second-order valence-electron chi connectivity index (χ2n) is 6.15. The lowest BCUT2D eigenvalue weighted by Gasteiger charge is -2.44. The van der Waals surface area contributed by atoms with E-state index in [0.29, 0.717) is 6.61 Å². The van der Waals surface area contributed by atoms with Crippen LogP contribution in [0.3, 0.4) is 0 Å². The maximum Gasteiger partial charge on any atom is 0.128 e. The van der Waals surface area contributed by atoms with Crippen molar-refractivity contribution in [2.45, 2.75) is 57.1 Å². The molecule has 0 radical (unpaired) electrons. The van der Waals surface area contributed by atoms with Crippen LogP contribution in [0.15, 0.2) is 18.2 Å². The van der Waals surface area contributed by atoms with Gasteiger partial charge in [0.1, 0.15) is 17.1 Å². The summed E-state index contributed by atoms with van der Waals surface area (Å²) in [5.74, 6) is 1.79. The number of nitrogens with two attached hydrogens (primary N) is 1. The normalized spacial score (nSPS) is 27.9. The van der Waals surface area contributed by atoms with Crippen LogP contribution in [0.25, 0.3) is 0 Å². The van der Waals surface area contributed by atoms with E-state index in [1.807, 2.05) is 25.1 Å². The van der Waals surface area contributed by atoms with Gasteiger partial charge in [-0.1, -0.05) is 6.07 Å². The van der Waals surface area contributed by atoms with E-state index in [9.17, 15) is 0 Å². The van der Waals surface area contributed by atoms with E-state index < -0.39 is 0 Å². The van der Waals surface area contributed by atoms with Crippen molar-refractivity contribution in [2.24, 2.45) is 5.73 Å². The predicted octanol–water partition coefficient (Wildman–Crippen LogP) is 3.35. The number of hydrogen-bond acceptors (Lipinski definition) is 3. The van der Waals surface area contributed by atoms with Gasteiger partial charge in [0.15, 0.2) is 0 Å². The van der Waals surface area contributed by atoms with Crippen LogP contribution >= 0.6 is 0 Å². The van der Waals surface area contributed by atoms with Crippen molar-refractivity contribution in [3.05, 3.63) is 23.8 Å².